The number of nitrogens with zero attached hydrogens (tertiary/aromatic N) is 2. The fourth-order valence-corrected chi connectivity index (χ4v) is 2.40. The maximum absolute atomic E-state index is 10.6. The normalized spacial score (nSPS) is 19.8. The zero-order chi connectivity index (χ0) is 13.0. The van der Waals surface area contributed by atoms with Crippen molar-refractivity contribution in [3.8, 4) is 0 Å². The van der Waals surface area contributed by atoms with E-state index in [0.717, 1.165) is 38.4 Å². The van der Waals surface area contributed by atoms with Crippen molar-refractivity contribution >= 4 is 5.97 Å². The lowest BCUT2D eigenvalue weighted by Gasteiger charge is -2.37. The lowest BCUT2D eigenvalue weighted by atomic mass is 10.1. The summed E-state index contributed by atoms with van der Waals surface area (Å²) >= 11 is 0. The third-order valence-electron chi connectivity index (χ3n) is 3.47. The molecule has 1 aromatic heterocycles. The molecule has 0 bridgehead atoms. The van der Waals surface area contributed by atoms with Crippen LogP contribution in [0, 0.1) is 0 Å². The number of carboxylic acid groups (broad SMARTS) is 1. The predicted octanol–water partition coefficient (Wildman–Crippen LogP) is 0.913. The van der Waals surface area contributed by atoms with Gasteiger partial charge in [0.05, 0.1) is 12.8 Å². The lowest BCUT2D eigenvalue weighted by molar-refractivity contribution is -0.138. The molecule has 0 amide bonds. The second-order valence-corrected chi connectivity index (χ2v) is 4.84. The van der Waals surface area contributed by atoms with E-state index in [1.165, 1.54) is 0 Å². The van der Waals surface area contributed by atoms with Crippen LogP contribution in [0.4, 0.5) is 0 Å². The summed E-state index contributed by atoms with van der Waals surface area (Å²) in [6, 6.07) is 4.34. The minimum Gasteiger partial charge on any atom is -0.480 e. The molecule has 0 aromatic carbocycles. The molecule has 0 aliphatic carbocycles. The number of carboxylic acids is 1. The van der Waals surface area contributed by atoms with Crippen LogP contribution in [0.1, 0.15) is 12.7 Å². The van der Waals surface area contributed by atoms with Gasteiger partial charge in [0.15, 0.2) is 0 Å². The average Bonchev–Trinajstić information content (AvgIpc) is 2.82. The first-order valence-electron chi connectivity index (χ1n) is 6.35. The fraction of sp³-hybridized carbons (Fsp3) is 0.615. The summed E-state index contributed by atoms with van der Waals surface area (Å²) in [5, 5.41) is 8.74. The quantitative estimate of drug-likeness (QED) is 0.844. The van der Waals surface area contributed by atoms with Crippen LogP contribution in [-0.4, -0.2) is 59.6 Å². The summed E-state index contributed by atoms with van der Waals surface area (Å²) in [5.74, 6) is 0.266. The minimum atomic E-state index is -0.743. The van der Waals surface area contributed by atoms with Crippen molar-refractivity contribution in [2.75, 3.05) is 32.7 Å². The molecule has 1 fully saturated rings. The van der Waals surface area contributed by atoms with Gasteiger partial charge in [-0.05, 0) is 19.1 Å². The molecule has 5 nitrogen and oxygen atoms in total. The van der Waals surface area contributed by atoms with Crippen LogP contribution >= 0.6 is 0 Å². The molecule has 0 radical (unpaired) electrons. The molecule has 1 saturated heterocycles. The molecule has 0 saturated carbocycles. The number of furan rings is 1. The Hall–Kier alpha value is -1.33. The molecule has 1 aliphatic heterocycles. The Morgan fingerprint density at radius 2 is 2.17 bits per heavy atom. The van der Waals surface area contributed by atoms with Crippen molar-refractivity contribution in [1.82, 2.24) is 9.80 Å². The Morgan fingerprint density at radius 3 is 2.72 bits per heavy atom. The van der Waals surface area contributed by atoms with Crippen LogP contribution in [-0.2, 0) is 11.2 Å². The highest BCUT2D eigenvalue weighted by molar-refractivity contribution is 5.69. The monoisotopic (exact) mass is 252 g/mol. The van der Waals surface area contributed by atoms with E-state index in [0.29, 0.717) is 6.04 Å². The van der Waals surface area contributed by atoms with Crippen LogP contribution in [0.3, 0.4) is 0 Å². The van der Waals surface area contributed by atoms with Gasteiger partial charge in [-0.25, -0.2) is 0 Å². The zero-order valence-electron chi connectivity index (χ0n) is 10.7. The van der Waals surface area contributed by atoms with Gasteiger partial charge in [0.2, 0.25) is 0 Å². The summed E-state index contributed by atoms with van der Waals surface area (Å²) < 4.78 is 5.35. The van der Waals surface area contributed by atoms with E-state index in [2.05, 4.69) is 11.8 Å². The molecule has 1 unspecified atom stereocenters. The minimum absolute atomic E-state index is 0.153. The van der Waals surface area contributed by atoms with Crippen LogP contribution in [0.15, 0.2) is 22.8 Å². The fourth-order valence-electron chi connectivity index (χ4n) is 2.40. The van der Waals surface area contributed by atoms with Crippen LogP contribution in [0.25, 0.3) is 0 Å². The maximum Gasteiger partial charge on any atom is 0.317 e. The predicted molar refractivity (Wildman–Crippen MR) is 67.5 cm³/mol. The molecule has 1 N–H and O–H groups in total. The maximum atomic E-state index is 10.6. The second kappa shape index (κ2) is 6.02. The number of hydrogen-bond donors (Lipinski definition) is 1. The van der Waals surface area contributed by atoms with Gasteiger partial charge in [0, 0.05) is 38.6 Å². The van der Waals surface area contributed by atoms with Gasteiger partial charge in [-0.1, -0.05) is 0 Å². The SMILES string of the molecule is CC(Cc1ccco1)N1CCN(CC(=O)O)CC1. The smallest absolute Gasteiger partial charge is 0.317 e. The van der Waals surface area contributed by atoms with E-state index >= 15 is 0 Å². The highest BCUT2D eigenvalue weighted by atomic mass is 16.4. The zero-order valence-corrected chi connectivity index (χ0v) is 10.7. The first kappa shape index (κ1) is 13.1. The summed E-state index contributed by atoms with van der Waals surface area (Å²) in [4.78, 5) is 15.0. The Morgan fingerprint density at radius 1 is 1.44 bits per heavy atom. The van der Waals surface area contributed by atoms with Gasteiger partial charge < -0.3 is 9.52 Å². The number of hydrogen-bond acceptors (Lipinski definition) is 4. The van der Waals surface area contributed by atoms with Crippen LogP contribution in [0.2, 0.25) is 0 Å². The highest BCUT2D eigenvalue weighted by Gasteiger charge is 2.22. The summed E-state index contributed by atoms with van der Waals surface area (Å²) in [7, 11) is 0. The van der Waals surface area contributed by atoms with E-state index in [-0.39, 0.29) is 6.54 Å². The largest absolute Gasteiger partial charge is 0.480 e. The van der Waals surface area contributed by atoms with Crippen molar-refractivity contribution in [3.05, 3.63) is 24.2 Å². The lowest BCUT2D eigenvalue weighted by Crippen LogP contribution is -2.51. The molecule has 1 aliphatic rings. The molecular formula is C13H20N2O3. The van der Waals surface area contributed by atoms with Crippen LogP contribution < -0.4 is 0 Å². The third kappa shape index (κ3) is 3.58. The molecule has 100 valence electrons. The van der Waals surface area contributed by atoms with Gasteiger partial charge in [-0.2, -0.15) is 0 Å². The second-order valence-electron chi connectivity index (χ2n) is 4.84. The van der Waals surface area contributed by atoms with Crippen molar-refractivity contribution in [1.29, 1.82) is 0 Å². The van der Waals surface area contributed by atoms with Gasteiger partial charge in [-0.15, -0.1) is 0 Å². The first-order chi connectivity index (χ1) is 8.65. The van der Waals surface area contributed by atoms with E-state index in [4.69, 9.17) is 9.52 Å². The number of piperazine rings is 1. The molecule has 0 spiro atoms. The Labute approximate surface area is 107 Å². The number of aliphatic carboxylic acids is 1. The topological polar surface area (TPSA) is 56.9 Å². The van der Waals surface area contributed by atoms with E-state index in [1.54, 1.807) is 6.26 Å². The third-order valence-corrected chi connectivity index (χ3v) is 3.47. The molecule has 1 atom stereocenters. The van der Waals surface area contributed by atoms with Crippen LogP contribution in [0.5, 0.6) is 0 Å². The van der Waals surface area contributed by atoms with Gasteiger partial charge in [0.25, 0.3) is 0 Å². The average molecular weight is 252 g/mol. The van der Waals surface area contributed by atoms with Gasteiger partial charge in [0.1, 0.15) is 5.76 Å². The Kier molecular flexibility index (Phi) is 4.38. The number of rotatable bonds is 5. The molecule has 2 rings (SSSR count). The molecule has 5 heteroatoms. The van der Waals surface area contributed by atoms with Gasteiger partial charge in [-0.3, -0.25) is 14.6 Å². The number of carbonyl (C=O) groups is 1. The standard InChI is InChI=1S/C13H20N2O3/c1-11(9-12-3-2-8-18-12)15-6-4-14(5-7-15)10-13(16)17/h2-3,8,11H,4-7,9-10H2,1H3,(H,16,17). The molecule has 2 heterocycles. The van der Waals surface area contributed by atoms with Crippen molar-refractivity contribution in [2.24, 2.45) is 0 Å². The molecule has 1 aromatic rings. The van der Waals surface area contributed by atoms with E-state index in [1.807, 2.05) is 17.0 Å². The van der Waals surface area contributed by atoms with Gasteiger partial charge >= 0.3 is 5.97 Å². The Balaban J connectivity index is 1.77. The summed E-state index contributed by atoms with van der Waals surface area (Å²) in [6.07, 6.45) is 2.61. The summed E-state index contributed by atoms with van der Waals surface area (Å²) in [6.45, 7) is 5.85. The van der Waals surface area contributed by atoms with Crippen molar-refractivity contribution in [3.63, 3.8) is 0 Å². The summed E-state index contributed by atoms with van der Waals surface area (Å²) in [5.41, 5.74) is 0. The molecular weight excluding hydrogens is 232 g/mol. The molecule has 18 heavy (non-hydrogen) atoms. The van der Waals surface area contributed by atoms with E-state index < -0.39 is 5.97 Å². The van der Waals surface area contributed by atoms with E-state index in [9.17, 15) is 4.79 Å². The Bertz CT molecular complexity index is 370. The van der Waals surface area contributed by atoms with Crippen molar-refractivity contribution in [2.45, 2.75) is 19.4 Å². The van der Waals surface area contributed by atoms with Crippen molar-refractivity contribution < 1.29 is 14.3 Å². The first-order valence-corrected chi connectivity index (χ1v) is 6.35. The highest BCUT2D eigenvalue weighted by Crippen LogP contribution is 2.12.